The second-order valence-corrected chi connectivity index (χ2v) is 13.7. The molecular formula is C32H21N9S4. The molecule has 0 unspecified atom stereocenters. The zero-order chi connectivity index (χ0) is 31.3. The maximum absolute atomic E-state index is 9.21. The molecule has 1 fully saturated rings. The van der Waals surface area contributed by atoms with Crippen LogP contribution in [0.25, 0.3) is 41.7 Å². The lowest BCUT2D eigenvalue weighted by molar-refractivity contribution is 0.354. The van der Waals surface area contributed by atoms with Crippen LogP contribution in [0.1, 0.15) is 50.2 Å². The Labute approximate surface area is 276 Å². The number of thiophene rings is 2. The van der Waals surface area contributed by atoms with Crippen molar-refractivity contribution in [1.82, 2.24) is 8.75 Å². The molecule has 5 aromatic rings. The summed E-state index contributed by atoms with van der Waals surface area (Å²) in [6.07, 6.45) is 5.70. The van der Waals surface area contributed by atoms with Gasteiger partial charge in [-0.2, -0.15) is 28.9 Å². The number of nitrogen functional groups attached to an aromatic ring is 1. The number of nitriles is 3. The van der Waals surface area contributed by atoms with Gasteiger partial charge in [0.2, 0.25) is 5.71 Å². The van der Waals surface area contributed by atoms with Crippen molar-refractivity contribution in [3.63, 3.8) is 0 Å². The summed E-state index contributed by atoms with van der Waals surface area (Å²) in [6, 6.07) is 17.8. The molecule has 0 aliphatic heterocycles. The third-order valence-corrected chi connectivity index (χ3v) is 11.7. The van der Waals surface area contributed by atoms with Gasteiger partial charge in [-0.3, -0.25) is 0 Å². The van der Waals surface area contributed by atoms with Gasteiger partial charge in [-0.15, -0.1) is 22.7 Å². The van der Waals surface area contributed by atoms with Crippen molar-refractivity contribution in [3.8, 4) is 48.8 Å². The van der Waals surface area contributed by atoms with Crippen LogP contribution < -0.4 is 5.73 Å². The quantitative estimate of drug-likeness (QED) is 0.145. The van der Waals surface area contributed by atoms with Gasteiger partial charge in [-0.05, 0) is 67.3 Å². The number of nitrogens with zero attached hydrogens (tertiary/aromatic N) is 8. The van der Waals surface area contributed by atoms with Gasteiger partial charge in [-0.1, -0.05) is 19.3 Å². The smallest absolute Gasteiger partial charge is 0.218 e. The number of nitrogens with two attached hydrogens (primary N) is 1. The predicted molar refractivity (Wildman–Crippen MR) is 184 cm³/mol. The summed E-state index contributed by atoms with van der Waals surface area (Å²) in [7, 11) is 0. The van der Waals surface area contributed by atoms with Gasteiger partial charge < -0.3 is 5.73 Å². The third-order valence-electron chi connectivity index (χ3n) is 8.51. The van der Waals surface area contributed by atoms with Gasteiger partial charge in [0.25, 0.3) is 0 Å². The molecule has 3 heterocycles. The molecule has 2 aliphatic rings. The number of aromatic nitrogens is 2. The van der Waals surface area contributed by atoms with Crippen molar-refractivity contribution >= 4 is 92.0 Å². The van der Waals surface area contributed by atoms with Crippen LogP contribution >= 0.6 is 34.4 Å². The lowest BCUT2D eigenvalue weighted by Gasteiger charge is -2.34. The number of hydrogen-bond donors (Lipinski definition) is 1. The normalized spacial score (nSPS) is 14.8. The lowest BCUT2D eigenvalue weighted by atomic mass is 9.68. The first-order chi connectivity index (χ1) is 21.9. The first-order valence-corrected chi connectivity index (χ1v) is 16.8. The van der Waals surface area contributed by atoms with Gasteiger partial charge in [0, 0.05) is 48.5 Å². The zero-order valence-electron chi connectivity index (χ0n) is 23.8. The topological polar surface area (TPSA) is 160 Å². The molecular weight excluding hydrogens is 639 g/mol. The Morgan fingerprint density at radius 3 is 2.11 bits per heavy atom. The highest BCUT2D eigenvalue weighted by Gasteiger charge is 2.47. The van der Waals surface area contributed by atoms with E-state index in [1.54, 1.807) is 35.7 Å². The molecule has 0 atom stereocenters. The molecule has 2 N–H and O–H groups in total. The fourth-order valence-electron chi connectivity index (χ4n) is 6.47. The van der Waals surface area contributed by atoms with Crippen LogP contribution in [-0.4, -0.2) is 20.2 Å². The highest BCUT2D eigenvalue weighted by molar-refractivity contribution is 7.47. The third kappa shape index (κ3) is 4.57. The summed E-state index contributed by atoms with van der Waals surface area (Å²) in [5.41, 5.74) is 14.1. The molecule has 218 valence electrons. The fourth-order valence-corrected chi connectivity index (χ4v) is 9.96. The van der Waals surface area contributed by atoms with Crippen LogP contribution in [-0.2, 0) is 17.8 Å². The molecule has 45 heavy (non-hydrogen) atoms. The first kappa shape index (κ1) is 29.0. The first-order valence-electron chi connectivity index (χ1n) is 14.1. The Balaban J connectivity index is 1.37. The number of rotatable bonds is 5. The number of benzene rings is 2. The van der Waals surface area contributed by atoms with Crippen molar-refractivity contribution in [2.24, 2.45) is 14.3 Å². The summed E-state index contributed by atoms with van der Waals surface area (Å²) in [6.45, 7) is 1.63. The van der Waals surface area contributed by atoms with Crippen molar-refractivity contribution in [1.29, 1.82) is 15.8 Å². The van der Waals surface area contributed by atoms with E-state index in [0.717, 1.165) is 58.3 Å². The van der Waals surface area contributed by atoms with Crippen molar-refractivity contribution in [2.75, 3.05) is 5.73 Å². The molecule has 13 heteroatoms. The molecule has 9 nitrogen and oxygen atoms in total. The molecule has 3 aromatic heterocycles. The molecule has 2 aliphatic carbocycles. The molecule has 0 radical (unpaired) electrons. The molecule has 7 rings (SSSR count). The van der Waals surface area contributed by atoms with E-state index in [2.05, 4.69) is 35.2 Å². The molecule has 1 spiro atoms. The Kier molecular flexibility index (Phi) is 7.31. The van der Waals surface area contributed by atoms with E-state index in [4.69, 9.17) is 18.2 Å². The Hall–Kier alpha value is -4.71. The van der Waals surface area contributed by atoms with Gasteiger partial charge in [0.15, 0.2) is 0 Å². The van der Waals surface area contributed by atoms with Gasteiger partial charge in [0.1, 0.15) is 40.6 Å². The van der Waals surface area contributed by atoms with E-state index in [1.165, 1.54) is 27.3 Å². The highest BCUT2D eigenvalue weighted by atomic mass is 32.1. The average Bonchev–Trinajstić information content (AvgIpc) is 3.86. The number of anilines is 1. The highest BCUT2D eigenvalue weighted by Crippen LogP contribution is 2.63. The summed E-state index contributed by atoms with van der Waals surface area (Å²) >= 11 is 9.76. The van der Waals surface area contributed by atoms with Crippen LogP contribution in [0, 0.1) is 34.0 Å². The number of hydrogen-bond acceptors (Lipinski definition) is 13. The van der Waals surface area contributed by atoms with Crippen molar-refractivity contribution in [3.05, 3.63) is 47.5 Å². The Morgan fingerprint density at radius 1 is 0.844 bits per heavy atom. The lowest BCUT2D eigenvalue weighted by Crippen LogP contribution is -2.27. The maximum atomic E-state index is 9.21. The van der Waals surface area contributed by atoms with E-state index in [9.17, 15) is 15.8 Å². The van der Waals surface area contributed by atoms with Crippen molar-refractivity contribution in [2.45, 2.75) is 44.4 Å². The van der Waals surface area contributed by atoms with Crippen LogP contribution in [0.2, 0.25) is 0 Å². The summed E-state index contributed by atoms with van der Waals surface area (Å²) in [5, 5.41) is 27.6. The minimum absolute atomic E-state index is 0.0739. The summed E-state index contributed by atoms with van der Waals surface area (Å²) in [5.74, 6) is 0. The molecule has 2 aromatic carbocycles. The average molecular weight is 660 g/mol. The van der Waals surface area contributed by atoms with E-state index in [1.807, 2.05) is 36.4 Å². The Morgan fingerprint density at radius 2 is 1.47 bits per heavy atom. The van der Waals surface area contributed by atoms with Crippen LogP contribution in [0.15, 0.2) is 50.7 Å². The summed E-state index contributed by atoms with van der Waals surface area (Å²) in [4.78, 5) is 13.2. The number of fused-ring (bicyclic) bond motifs is 6. The maximum Gasteiger partial charge on any atom is 0.218 e. The van der Waals surface area contributed by atoms with E-state index in [-0.39, 0.29) is 11.1 Å². The van der Waals surface area contributed by atoms with E-state index >= 15 is 0 Å². The summed E-state index contributed by atoms with van der Waals surface area (Å²) < 4.78 is 13.2. The monoisotopic (exact) mass is 659 g/mol. The van der Waals surface area contributed by atoms with Crippen LogP contribution in [0.4, 0.5) is 22.7 Å². The largest absolute Gasteiger partial charge is 0.395 e. The second kappa shape index (κ2) is 11.3. The fraction of sp³-hybridized carbons (Fsp3) is 0.219. The zero-order valence-corrected chi connectivity index (χ0v) is 27.1. The van der Waals surface area contributed by atoms with E-state index < -0.39 is 0 Å². The number of aliphatic imine (C=N–C) groups is 2. The molecule has 0 amide bonds. The molecule has 0 bridgehead atoms. The second-order valence-electron chi connectivity index (χ2n) is 10.9. The minimum atomic E-state index is -0.221. The van der Waals surface area contributed by atoms with Gasteiger partial charge in [-0.25, -0.2) is 9.98 Å². The van der Waals surface area contributed by atoms with Crippen LogP contribution in [0.5, 0.6) is 0 Å². The predicted octanol–water partition coefficient (Wildman–Crippen LogP) is 9.06. The minimum Gasteiger partial charge on any atom is -0.395 e. The molecule has 1 saturated carbocycles. The van der Waals surface area contributed by atoms with Gasteiger partial charge in [0.05, 0.1) is 28.8 Å². The van der Waals surface area contributed by atoms with E-state index in [0.29, 0.717) is 39.5 Å². The Bertz CT molecular complexity index is 2230. The van der Waals surface area contributed by atoms with Crippen LogP contribution in [0.3, 0.4) is 0 Å². The SMILES string of the molecule is CC(C#N)=Nc1ccc(-c2cc3c(s2)-c2sc(-c4ccc(N=C(C#N)C#N)c5nsnc45)cc2C32CCCCC2)c(N=S)c1N. The molecule has 0 saturated heterocycles. The van der Waals surface area contributed by atoms with Crippen molar-refractivity contribution < 1.29 is 0 Å². The van der Waals surface area contributed by atoms with Gasteiger partial charge >= 0.3 is 0 Å². The standard InChI is InChI=1S/C32H21N9S4/c1-16(13-33)37-22-7-5-18(27(39-42)26(22)36)24-11-20-30(43-24)31-21(32(20)9-3-2-4-10-32)12-25(44-31)19-6-8-23(38-17(14-34)15-35)29-28(19)40-45-41-29/h5-8,11-12H,2-4,9-10,36H2,1H3.